The highest BCUT2D eigenvalue weighted by molar-refractivity contribution is 7.06. The van der Waals surface area contributed by atoms with E-state index in [1.807, 2.05) is 46.1 Å². The van der Waals surface area contributed by atoms with Gasteiger partial charge in [0.2, 0.25) is 5.95 Å². The highest BCUT2D eigenvalue weighted by Crippen LogP contribution is 2.38. The molecule has 0 amide bonds. The number of anilines is 2. The van der Waals surface area contributed by atoms with Crippen LogP contribution in [0.1, 0.15) is 16.4 Å². The number of methoxy groups -OCH3 is 2. The second kappa shape index (κ2) is 11.4. The number of carboxylic acid groups (broad SMARTS) is 1. The molecular formula is C26H29N7O4S. The van der Waals surface area contributed by atoms with Gasteiger partial charge in [-0.1, -0.05) is 6.07 Å². The normalized spacial score (nSPS) is 11.6. The van der Waals surface area contributed by atoms with E-state index in [0.29, 0.717) is 45.8 Å². The van der Waals surface area contributed by atoms with Gasteiger partial charge in [0.1, 0.15) is 29.2 Å². The summed E-state index contributed by atoms with van der Waals surface area (Å²) in [5.74, 6) is 1.38. The number of ether oxygens (including phenoxy) is 2. The Kier molecular flexibility index (Phi) is 8.01. The van der Waals surface area contributed by atoms with Gasteiger partial charge < -0.3 is 24.8 Å². The van der Waals surface area contributed by atoms with Crippen molar-refractivity contribution in [1.29, 1.82) is 0 Å². The number of carbonyl (C=O) groups is 1. The van der Waals surface area contributed by atoms with Crippen molar-refractivity contribution in [3.8, 4) is 33.8 Å². The molecule has 3 aromatic heterocycles. The first-order valence-corrected chi connectivity index (χ1v) is 12.5. The van der Waals surface area contributed by atoms with Gasteiger partial charge in [-0.05, 0) is 37.5 Å². The largest absolute Gasteiger partial charge is 0.496 e. The molecule has 0 aliphatic rings. The number of aromatic nitrogens is 5. The average molecular weight is 536 g/mol. The molecule has 0 radical (unpaired) electrons. The summed E-state index contributed by atoms with van der Waals surface area (Å²) in [6.45, 7) is 3.87. The minimum absolute atomic E-state index is 0.0270. The van der Waals surface area contributed by atoms with Crippen LogP contribution in [0.15, 0.2) is 36.8 Å². The van der Waals surface area contributed by atoms with Gasteiger partial charge in [0.25, 0.3) is 0 Å². The van der Waals surface area contributed by atoms with Gasteiger partial charge >= 0.3 is 5.97 Å². The number of benzene rings is 1. The average Bonchev–Trinajstić information content (AvgIpc) is 3.25. The van der Waals surface area contributed by atoms with Crippen LogP contribution >= 0.6 is 11.5 Å². The molecule has 12 heteroatoms. The summed E-state index contributed by atoms with van der Waals surface area (Å²) in [5.41, 5.74) is 3.80. The minimum Gasteiger partial charge on any atom is -0.496 e. The smallest absolute Gasteiger partial charge is 0.326 e. The van der Waals surface area contributed by atoms with Crippen LogP contribution in [0.5, 0.6) is 11.5 Å². The molecule has 0 saturated carbocycles. The summed E-state index contributed by atoms with van der Waals surface area (Å²) >= 11 is 1.38. The fourth-order valence-electron chi connectivity index (χ4n) is 4.02. The van der Waals surface area contributed by atoms with Crippen molar-refractivity contribution in [2.45, 2.75) is 26.3 Å². The van der Waals surface area contributed by atoms with Gasteiger partial charge in [-0.15, -0.1) is 0 Å². The maximum atomic E-state index is 12.3. The van der Waals surface area contributed by atoms with Crippen LogP contribution in [0.3, 0.4) is 0 Å². The maximum absolute atomic E-state index is 12.3. The number of carboxylic acids is 1. The van der Waals surface area contributed by atoms with E-state index < -0.39 is 12.0 Å². The number of aryl methyl sites for hydroxylation is 2. The second-order valence-electron chi connectivity index (χ2n) is 8.69. The van der Waals surface area contributed by atoms with Crippen LogP contribution < -0.4 is 19.7 Å². The minimum atomic E-state index is -1.06. The predicted molar refractivity (Wildman–Crippen MR) is 146 cm³/mol. The van der Waals surface area contributed by atoms with Crippen LogP contribution in [-0.2, 0) is 11.2 Å². The zero-order chi connectivity index (χ0) is 27.4. The molecule has 11 nitrogen and oxygen atoms in total. The Morgan fingerprint density at radius 3 is 2.24 bits per heavy atom. The monoisotopic (exact) mass is 535 g/mol. The molecule has 1 atom stereocenters. The molecule has 0 saturated heterocycles. The van der Waals surface area contributed by atoms with Crippen molar-refractivity contribution in [3.05, 3.63) is 53.2 Å². The zero-order valence-corrected chi connectivity index (χ0v) is 22.8. The van der Waals surface area contributed by atoms with Crippen LogP contribution in [-0.4, -0.2) is 69.7 Å². The van der Waals surface area contributed by atoms with Gasteiger partial charge in [-0.3, -0.25) is 0 Å². The van der Waals surface area contributed by atoms with Crippen molar-refractivity contribution in [3.63, 3.8) is 0 Å². The molecule has 38 heavy (non-hydrogen) atoms. The van der Waals surface area contributed by atoms with Crippen LogP contribution in [0, 0.1) is 13.8 Å². The molecule has 1 aromatic carbocycles. The Bertz CT molecular complexity index is 1400. The summed E-state index contributed by atoms with van der Waals surface area (Å²) in [4.78, 5) is 33.0. The second-order valence-corrected chi connectivity index (χ2v) is 9.67. The Morgan fingerprint density at radius 1 is 1.05 bits per heavy atom. The lowest BCUT2D eigenvalue weighted by Crippen LogP contribution is -2.33. The molecule has 1 unspecified atom stereocenters. The first-order chi connectivity index (χ1) is 18.2. The van der Waals surface area contributed by atoms with Crippen LogP contribution in [0.4, 0.5) is 11.8 Å². The molecule has 0 spiro atoms. The van der Waals surface area contributed by atoms with Crippen molar-refractivity contribution in [1.82, 2.24) is 24.3 Å². The third kappa shape index (κ3) is 5.49. The lowest BCUT2D eigenvalue weighted by atomic mass is 10.1. The number of rotatable bonds is 10. The molecule has 4 aromatic rings. The first kappa shape index (κ1) is 26.7. The van der Waals surface area contributed by atoms with Crippen molar-refractivity contribution >= 4 is 29.3 Å². The fraction of sp³-hybridized carbons (Fsp3) is 0.308. The number of aliphatic carboxylic acids is 1. The summed E-state index contributed by atoms with van der Waals surface area (Å²) < 4.78 is 15.4. The van der Waals surface area contributed by atoms with E-state index in [4.69, 9.17) is 9.47 Å². The highest BCUT2D eigenvalue weighted by atomic mass is 32.1. The quantitative estimate of drug-likeness (QED) is 0.306. The highest BCUT2D eigenvalue weighted by Gasteiger charge is 2.24. The van der Waals surface area contributed by atoms with Gasteiger partial charge in [0, 0.05) is 60.7 Å². The molecule has 0 aliphatic carbocycles. The van der Waals surface area contributed by atoms with E-state index in [1.54, 1.807) is 37.7 Å². The van der Waals surface area contributed by atoms with E-state index in [2.05, 4.69) is 29.6 Å². The first-order valence-electron chi connectivity index (χ1n) is 11.7. The summed E-state index contributed by atoms with van der Waals surface area (Å²) in [5, 5.41) is 13.2. The third-order valence-corrected chi connectivity index (χ3v) is 6.74. The van der Waals surface area contributed by atoms with E-state index in [9.17, 15) is 9.90 Å². The number of hydrogen-bond acceptors (Lipinski definition) is 11. The number of nitrogens with zero attached hydrogens (tertiary/aromatic N) is 6. The van der Waals surface area contributed by atoms with Crippen molar-refractivity contribution < 1.29 is 19.4 Å². The van der Waals surface area contributed by atoms with Crippen LogP contribution in [0.2, 0.25) is 0 Å². The van der Waals surface area contributed by atoms with Gasteiger partial charge in [0.05, 0.1) is 25.5 Å². The van der Waals surface area contributed by atoms with E-state index in [1.165, 1.54) is 11.5 Å². The molecular weight excluding hydrogens is 506 g/mol. The van der Waals surface area contributed by atoms with Gasteiger partial charge in [0.15, 0.2) is 0 Å². The Balaban J connectivity index is 1.65. The molecule has 2 N–H and O–H groups in total. The predicted octanol–water partition coefficient (Wildman–Crippen LogP) is 3.86. The van der Waals surface area contributed by atoms with Crippen molar-refractivity contribution in [2.24, 2.45) is 0 Å². The molecule has 4 rings (SSSR count). The summed E-state index contributed by atoms with van der Waals surface area (Å²) in [7, 11) is 6.80. The zero-order valence-electron chi connectivity index (χ0n) is 22.0. The van der Waals surface area contributed by atoms with E-state index in [-0.39, 0.29) is 6.42 Å². The Labute approximate surface area is 224 Å². The third-order valence-electron chi connectivity index (χ3n) is 5.90. The molecule has 0 fully saturated rings. The van der Waals surface area contributed by atoms with Gasteiger partial charge in [-0.2, -0.15) is 9.36 Å². The fourth-order valence-corrected chi connectivity index (χ4v) is 4.74. The Hall–Kier alpha value is -4.32. The van der Waals surface area contributed by atoms with Crippen molar-refractivity contribution in [2.75, 3.05) is 38.5 Å². The summed E-state index contributed by atoms with van der Waals surface area (Å²) in [6.07, 6.45) is 4.98. The van der Waals surface area contributed by atoms with Gasteiger partial charge in [-0.25, -0.2) is 19.7 Å². The SMILES string of the molecule is COc1cccc(OC)c1-c1cnc(CC(Nc2nc(N(C)C)ncc2-c2c(C)nsc2C)C(=O)O)nc1. The molecule has 198 valence electrons. The Morgan fingerprint density at radius 2 is 1.71 bits per heavy atom. The topological polar surface area (TPSA) is 135 Å². The number of nitrogens with one attached hydrogen (secondary N) is 1. The molecule has 3 heterocycles. The van der Waals surface area contributed by atoms with E-state index in [0.717, 1.165) is 16.1 Å². The molecule has 0 aliphatic heterocycles. The lowest BCUT2D eigenvalue weighted by molar-refractivity contribution is -0.137. The van der Waals surface area contributed by atoms with E-state index >= 15 is 0 Å². The lowest BCUT2D eigenvalue weighted by Gasteiger charge is -2.19. The van der Waals surface area contributed by atoms with Crippen LogP contribution in [0.25, 0.3) is 22.3 Å². The summed E-state index contributed by atoms with van der Waals surface area (Å²) in [6, 6.07) is 4.43. The number of hydrogen-bond donors (Lipinski definition) is 2. The standard InChI is InChI=1S/C26H29N7O4S/c1-14-22(15(2)38-32-14)17-13-29-26(33(3)4)31-24(17)30-18(25(34)35)10-21-27-11-16(12-28-21)23-19(36-5)8-7-9-20(23)37-6/h7-9,11-13,18H,10H2,1-6H3,(H,34,35)(H,29,30,31). The molecule has 0 bridgehead atoms. The maximum Gasteiger partial charge on any atom is 0.326 e.